The second kappa shape index (κ2) is 9.83. The molecule has 1 aliphatic rings. The van der Waals surface area contributed by atoms with E-state index in [2.05, 4.69) is 10.4 Å². The molecule has 1 heterocycles. The predicted molar refractivity (Wildman–Crippen MR) is 121 cm³/mol. The zero-order valence-corrected chi connectivity index (χ0v) is 18.2. The minimum atomic E-state index is -0.224. The Labute approximate surface area is 185 Å². The molecule has 6 nitrogen and oxygen atoms in total. The number of aromatic nitrogens is 2. The average molecular weight is 436 g/mol. The van der Waals surface area contributed by atoms with E-state index in [1.807, 2.05) is 24.3 Å². The van der Waals surface area contributed by atoms with Gasteiger partial charge < -0.3 is 10.1 Å². The molecule has 0 spiro atoms. The molecule has 1 amide bonds. The van der Waals surface area contributed by atoms with Crippen LogP contribution in [0.4, 0.5) is 0 Å². The van der Waals surface area contributed by atoms with Gasteiger partial charge in [0, 0.05) is 22.6 Å². The molecule has 1 N–H and O–H groups in total. The summed E-state index contributed by atoms with van der Waals surface area (Å²) in [6.07, 6.45) is 5.68. The summed E-state index contributed by atoms with van der Waals surface area (Å²) < 4.78 is 6.54. The third-order valence-electron chi connectivity index (χ3n) is 5.37. The predicted octanol–water partition coefficient (Wildman–Crippen LogP) is 4.45. The van der Waals surface area contributed by atoms with E-state index in [1.54, 1.807) is 37.4 Å². The van der Waals surface area contributed by atoms with E-state index in [0.29, 0.717) is 16.3 Å². The summed E-state index contributed by atoms with van der Waals surface area (Å²) >= 11 is 1.46. The lowest BCUT2D eigenvalue weighted by atomic mass is 9.95. The van der Waals surface area contributed by atoms with Crippen molar-refractivity contribution in [2.45, 2.75) is 48.1 Å². The van der Waals surface area contributed by atoms with Crippen LogP contribution in [0.25, 0.3) is 5.69 Å². The van der Waals surface area contributed by atoms with Crippen molar-refractivity contribution in [3.05, 3.63) is 76.6 Å². The first kappa shape index (κ1) is 21.2. The lowest BCUT2D eigenvalue weighted by Gasteiger charge is -2.22. The Morgan fingerprint density at radius 2 is 1.71 bits per heavy atom. The number of carbonyl (C=O) groups is 1. The number of amides is 1. The number of hydrogen-bond acceptors (Lipinski definition) is 5. The maximum Gasteiger partial charge on any atom is 0.271 e. The monoisotopic (exact) mass is 435 g/mol. The van der Waals surface area contributed by atoms with Gasteiger partial charge >= 0.3 is 0 Å². The minimum Gasteiger partial charge on any atom is -0.497 e. The highest BCUT2D eigenvalue weighted by atomic mass is 32.2. The van der Waals surface area contributed by atoms with Gasteiger partial charge in [-0.3, -0.25) is 9.59 Å². The third kappa shape index (κ3) is 5.35. The summed E-state index contributed by atoms with van der Waals surface area (Å²) in [4.78, 5) is 25.9. The van der Waals surface area contributed by atoms with E-state index in [4.69, 9.17) is 4.74 Å². The second-order valence-corrected chi connectivity index (χ2v) is 8.65. The van der Waals surface area contributed by atoms with E-state index >= 15 is 0 Å². The number of methoxy groups -OCH3 is 1. The van der Waals surface area contributed by atoms with Crippen LogP contribution in [-0.2, 0) is 0 Å². The van der Waals surface area contributed by atoms with Crippen LogP contribution < -0.4 is 15.6 Å². The Morgan fingerprint density at radius 1 is 1.00 bits per heavy atom. The van der Waals surface area contributed by atoms with Crippen LogP contribution in [0, 0.1) is 0 Å². The van der Waals surface area contributed by atoms with Crippen molar-refractivity contribution < 1.29 is 9.53 Å². The van der Waals surface area contributed by atoms with Gasteiger partial charge in [0.1, 0.15) is 10.8 Å². The van der Waals surface area contributed by atoms with E-state index in [1.165, 1.54) is 41.8 Å². The van der Waals surface area contributed by atoms with Crippen molar-refractivity contribution in [1.29, 1.82) is 0 Å². The molecular formula is C24H25N3O3S. The van der Waals surface area contributed by atoms with Crippen LogP contribution in [0.3, 0.4) is 0 Å². The quantitative estimate of drug-likeness (QED) is 0.619. The molecule has 1 aliphatic carbocycles. The fraction of sp³-hybridized carbons (Fsp3) is 0.292. The van der Waals surface area contributed by atoms with Crippen LogP contribution in [0.2, 0.25) is 0 Å². The van der Waals surface area contributed by atoms with Gasteiger partial charge in [0.25, 0.3) is 11.5 Å². The summed E-state index contributed by atoms with van der Waals surface area (Å²) in [5, 5.41) is 8.30. The molecule has 160 valence electrons. The van der Waals surface area contributed by atoms with Gasteiger partial charge in [0.15, 0.2) is 0 Å². The van der Waals surface area contributed by atoms with E-state index in [9.17, 15) is 9.59 Å². The van der Waals surface area contributed by atoms with Crippen LogP contribution in [0.1, 0.15) is 42.5 Å². The highest BCUT2D eigenvalue weighted by Crippen LogP contribution is 2.27. The first-order valence-corrected chi connectivity index (χ1v) is 11.3. The Balaban J connectivity index is 1.48. The summed E-state index contributed by atoms with van der Waals surface area (Å²) in [6, 6.07) is 18.1. The molecular weight excluding hydrogens is 410 g/mol. The molecule has 1 saturated carbocycles. The number of rotatable bonds is 6. The fourth-order valence-corrected chi connectivity index (χ4v) is 4.44. The Hall–Kier alpha value is -3.06. The van der Waals surface area contributed by atoms with Gasteiger partial charge in [-0.05, 0) is 67.4 Å². The molecule has 0 radical (unpaired) electrons. The standard InChI is InChI=1S/C24H25N3O3S/c1-30-20-11-13-21(14-12-20)31-22-15-16-23(28)27(26-22)19-9-7-17(8-10-19)24(29)25-18-5-3-2-4-6-18/h7-16,18H,2-6H2,1H3,(H,25,29). The Kier molecular flexibility index (Phi) is 6.72. The number of hydrogen-bond donors (Lipinski definition) is 1. The maximum atomic E-state index is 12.5. The molecule has 3 aromatic rings. The van der Waals surface area contributed by atoms with Gasteiger partial charge in [-0.25, -0.2) is 0 Å². The summed E-state index contributed by atoms with van der Waals surface area (Å²) in [6.45, 7) is 0. The molecule has 0 atom stereocenters. The van der Waals surface area contributed by atoms with Crippen molar-refractivity contribution >= 4 is 17.7 Å². The molecule has 0 saturated heterocycles. The molecule has 31 heavy (non-hydrogen) atoms. The zero-order chi connectivity index (χ0) is 21.6. The summed E-state index contributed by atoms with van der Waals surface area (Å²) in [5.74, 6) is 0.720. The lowest BCUT2D eigenvalue weighted by Crippen LogP contribution is -2.36. The first-order valence-electron chi connectivity index (χ1n) is 10.5. The van der Waals surface area contributed by atoms with Crippen LogP contribution >= 0.6 is 11.8 Å². The SMILES string of the molecule is COc1ccc(Sc2ccc(=O)n(-c3ccc(C(=O)NC4CCCCC4)cc3)n2)cc1. The lowest BCUT2D eigenvalue weighted by molar-refractivity contribution is 0.0927. The third-order valence-corrected chi connectivity index (χ3v) is 6.31. The largest absolute Gasteiger partial charge is 0.497 e. The maximum absolute atomic E-state index is 12.5. The van der Waals surface area contributed by atoms with E-state index < -0.39 is 0 Å². The van der Waals surface area contributed by atoms with Crippen molar-refractivity contribution in [3.8, 4) is 11.4 Å². The number of benzene rings is 2. The Morgan fingerprint density at radius 3 is 2.39 bits per heavy atom. The average Bonchev–Trinajstić information content (AvgIpc) is 2.81. The molecule has 1 fully saturated rings. The minimum absolute atomic E-state index is 0.0671. The van der Waals surface area contributed by atoms with Gasteiger partial charge in [-0.1, -0.05) is 31.0 Å². The fourth-order valence-electron chi connectivity index (χ4n) is 3.67. The molecule has 7 heteroatoms. The van der Waals surface area contributed by atoms with Crippen molar-refractivity contribution in [2.75, 3.05) is 7.11 Å². The van der Waals surface area contributed by atoms with Gasteiger partial charge in [-0.2, -0.15) is 9.78 Å². The smallest absolute Gasteiger partial charge is 0.271 e. The van der Waals surface area contributed by atoms with E-state index in [-0.39, 0.29) is 17.5 Å². The molecule has 0 aliphatic heterocycles. The number of ether oxygens (including phenoxy) is 1. The molecule has 1 aromatic heterocycles. The number of carbonyl (C=O) groups excluding carboxylic acids is 1. The molecule has 4 rings (SSSR count). The highest BCUT2D eigenvalue weighted by molar-refractivity contribution is 7.99. The van der Waals surface area contributed by atoms with Gasteiger partial charge in [0.2, 0.25) is 0 Å². The molecule has 0 bridgehead atoms. The van der Waals surface area contributed by atoms with Crippen molar-refractivity contribution in [2.24, 2.45) is 0 Å². The summed E-state index contributed by atoms with van der Waals surface area (Å²) in [7, 11) is 1.63. The summed E-state index contributed by atoms with van der Waals surface area (Å²) in [5.41, 5.74) is 0.987. The Bertz CT molecular complexity index is 1090. The van der Waals surface area contributed by atoms with Crippen LogP contribution in [0.15, 0.2) is 75.4 Å². The van der Waals surface area contributed by atoms with Crippen molar-refractivity contribution in [3.63, 3.8) is 0 Å². The first-order chi connectivity index (χ1) is 15.1. The number of nitrogens with one attached hydrogen (secondary N) is 1. The van der Waals surface area contributed by atoms with Crippen molar-refractivity contribution in [1.82, 2.24) is 15.1 Å². The van der Waals surface area contributed by atoms with Crippen LogP contribution in [0.5, 0.6) is 5.75 Å². The van der Waals surface area contributed by atoms with Gasteiger partial charge in [0.05, 0.1) is 12.8 Å². The zero-order valence-electron chi connectivity index (χ0n) is 17.4. The van der Waals surface area contributed by atoms with Gasteiger partial charge in [-0.15, -0.1) is 0 Å². The van der Waals surface area contributed by atoms with E-state index in [0.717, 1.165) is 23.5 Å². The molecule has 2 aromatic carbocycles. The normalized spacial score (nSPS) is 14.2. The topological polar surface area (TPSA) is 73.2 Å². The highest BCUT2D eigenvalue weighted by Gasteiger charge is 2.16. The van der Waals surface area contributed by atoms with Crippen LogP contribution in [-0.4, -0.2) is 28.8 Å². The molecule has 0 unspecified atom stereocenters. The number of nitrogens with zero attached hydrogens (tertiary/aromatic N) is 2. The second-order valence-electron chi connectivity index (χ2n) is 7.55.